The Morgan fingerprint density at radius 1 is 1.23 bits per heavy atom. The molecule has 2 N–H and O–H groups in total. The summed E-state index contributed by atoms with van der Waals surface area (Å²) in [6, 6.07) is 8.15. The number of morpholine rings is 1. The molecular weight excluding hydrogens is 326 g/mol. The lowest BCUT2D eigenvalue weighted by Crippen LogP contribution is -2.38. The Balaban J connectivity index is 1.38. The third kappa shape index (κ3) is 6.56. The Bertz CT molecular complexity index is 597. The number of nitrogens with zero attached hydrogens (tertiary/aromatic N) is 1. The zero-order chi connectivity index (χ0) is 18.0. The molecule has 0 saturated carbocycles. The van der Waals surface area contributed by atoms with Crippen molar-refractivity contribution in [2.75, 3.05) is 44.7 Å². The van der Waals surface area contributed by atoms with E-state index >= 15 is 0 Å². The van der Waals surface area contributed by atoms with Gasteiger partial charge in [0.05, 0.1) is 13.2 Å². The molecular formula is C21H31N3O2. The fourth-order valence-electron chi connectivity index (χ4n) is 3.53. The second kappa shape index (κ2) is 10.5. The minimum absolute atomic E-state index is 0.0793. The van der Waals surface area contributed by atoms with Crippen LogP contribution in [0.1, 0.15) is 31.2 Å². The first kappa shape index (κ1) is 19.1. The first-order valence-electron chi connectivity index (χ1n) is 9.84. The normalized spacial score (nSPS) is 20.8. The molecule has 3 rings (SSSR count). The van der Waals surface area contributed by atoms with Gasteiger partial charge < -0.3 is 15.4 Å². The average Bonchev–Trinajstić information content (AvgIpc) is 2.68. The molecule has 142 valence electrons. The molecule has 1 saturated heterocycles. The summed E-state index contributed by atoms with van der Waals surface area (Å²) in [4.78, 5) is 14.5. The van der Waals surface area contributed by atoms with Gasteiger partial charge in [-0.25, -0.2) is 0 Å². The van der Waals surface area contributed by atoms with Crippen LogP contribution < -0.4 is 10.6 Å². The lowest BCUT2D eigenvalue weighted by atomic mass is 9.94. The number of anilines is 1. The SMILES string of the molecule is O=C(CCN1CCOCC1)Nc1cccc(CNCC2CC=CCC2)c1. The monoisotopic (exact) mass is 357 g/mol. The predicted molar refractivity (Wildman–Crippen MR) is 105 cm³/mol. The van der Waals surface area contributed by atoms with Crippen LogP contribution in [0.15, 0.2) is 36.4 Å². The van der Waals surface area contributed by atoms with E-state index in [-0.39, 0.29) is 5.91 Å². The van der Waals surface area contributed by atoms with Gasteiger partial charge in [-0.3, -0.25) is 9.69 Å². The van der Waals surface area contributed by atoms with Crippen LogP contribution in [0.4, 0.5) is 5.69 Å². The molecule has 1 aromatic rings. The molecule has 5 nitrogen and oxygen atoms in total. The van der Waals surface area contributed by atoms with Crippen molar-refractivity contribution >= 4 is 11.6 Å². The molecule has 0 bridgehead atoms. The molecule has 1 fully saturated rings. The number of amides is 1. The summed E-state index contributed by atoms with van der Waals surface area (Å²) in [6.45, 7) is 6.09. The highest BCUT2D eigenvalue weighted by Crippen LogP contribution is 2.17. The molecule has 1 aromatic carbocycles. The predicted octanol–water partition coefficient (Wildman–Crippen LogP) is 2.79. The molecule has 5 heteroatoms. The van der Waals surface area contributed by atoms with Crippen molar-refractivity contribution in [2.24, 2.45) is 5.92 Å². The zero-order valence-corrected chi connectivity index (χ0v) is 15.6. The molecule has 2 aliphatic rings. The lowest BCUT2D eigenvalue weighted by molar-refractivity contribution is -0.116. The molecule has 0 spiro atoms. The highest BCUT2D eigenvalue weighted by molar-refractivity contribution is 5.90. The van der Waals surface area contributed by atoms with Gasteiger partial charge in [0.2, 0.25) is 5.91 Å². The fourth-order valence-corrected chi connectivity index (χ4v) is 3.53. The zero-order valence-electron chi connectivity index (χ0n) is 15.6. The van der Waals surface area contributed by atoms with Crippen molar-refractivity contribution in [3.63, 3.8) is 0 Å². The highest BCUT2D eigenvalue weighted by atomic mass is 16.5. The van der Waals surface area contributed by atoms with E-state index < -0.39 is 0 Å². The van der Waals surface area contributed by atoms with Crippen molar-refractivity contribution in [1.82, 2.24) is 10.2 Å². The number of allylic oxidation sites excluding steroid dienone is 2. The molecule has 26 heavy (non-hydrogen) atoms. The summed E-state index contributed by atoms with van der Waals surface area (Å²) in [5.74, 6) is 0.832. The van der Waals surface area contributed by atoms with Gasteiger partial charge in [0.1, 0.15) is 0 Å². The van der Waals surface area contributed by atoms with Crippen molar-refractivity contribution in [1.29, 1.82) is 0 Å². The van der Waals surface area contributed by atoms with Crippen LogP contribution in [0.25, 0.3) is 0 Å². The summed E-state index contributed by atoms with van der Waals surface area (Å²) in [7, 11) is 0. The molecule has 1 aliphatic heterocycles. The number of carbonyl (C=O) groups is 1. The number of hydrogen-bond acceptors (Lipinski definition) is 4. The van der Waals surface area contributed by atoms with Gasteiger partial charge in [0, 0.05) is 38.3 Å². The van der Waals surface area contributed by atoms with E-state index in [1.165, 1.54) is 24.8 Å². The van der Waals surface area contributed by atoms with Crippen molar-refractivity contribution < 1.29 is 9.53 Å². The number of nitrogens with one attached hydrogen (secondary N) is 2. The summed E-state index contributed by atoms with van der Waals surface area (Å²) >= 11 is 0. The van der Waals surface area contributed by atoms with Gasteiger partial charge >= 0.3 is 0 Å². The molecule has 1 heterocycles. The maximum atomic E-state index is 12.2. The summed E-state index contributed by atoms with van der Waals surface area (Å²) in [5, 5.41) is 6.58. The largest absolute Gasteiger partial charge is 0.379 e. The Morgan fingerprint density at radius 3 is 2.92 bits per heavy atom. The minimum atomic E-state index is 0.0793. The summed E-state index contributed by atoms with van der Waals surface area (Å²) in [5.41, 5.74) is 2.10. The van der Waals surface area contributed by atoms with E-state index in [1.807, 2.05) is 12.1 Å². The van der Waals surface area contributed by atoms with Gasteiger partial charge in [0.25, 0.3) is 0 Å². The van der Waals surface area contributed by atoms with E-state index in [0.29, 0.717) is 6.42 Å². The van der Waals surface area contributed by atoms with E-state index in [4.69, 9.17) is 4.74 Å². The third-order valence-electron chi connectivity index (χ3n) is 5.11. The number of benzene rings is 1. The topological polar surface area (TPSA) is 53.6 Å². The number of rotatable bonds is 8. The van der Waals surface area contributed by atoms with Crippen LogP contribution in [0, 0.1) is 5.92 Å². The van der Waals surface area contributed by atoms with Crippen LogP contribution in [0.3, 0.4) is 0 Å². The van der Waals surface area contributed by atoms with Gasteiger partial charge in [-0.2, -0.15) is 0 Å². The Kier molecular flexibility index (Phi) is 7.67. The number of carbonyl (C=O) groups excluding carboxylic acids is 1. The Morgan fingerprint density at radius 2 is 2.12 bits per heavy atom. The van der Waals surface area contributed by atoms with Crippen molar-refractivity contribution in [3.05, 3.63) is 42.0 Å². The van der Waals surface area contributed by atoms with Crippen molar-refractivity contribution in [2.45, 2.75) is 32.2 Å². The van der Waals surface area contributed by atoms with Crippen LogP contribution in [-0.2, 0) is 16.1 Å². The smallest absolute Gasteiger partial charge is 0.225 e. The van der Waals surface area contributed by atoms with Crippen LogP contribution in [0.2, 0.25) is 0 Å². The molecule has 1 atom stereocenters. The van der Waals surface area contributed by atoms with Gasteiger partial charge in [0.15, 0.2) is 0 Å². The average molecular weight is 357 g/mol. The molecule has 0 radical (unpaired) electrons. The van der Waals surface area contributed by atoms with Gasteiger partial charge in [-0.1, -0.05) is 24.3 Å². The molecule has 0 aromatic heterocycles. The van der Waals surface area contributed by atoms with E-state index in [9.17, 15) is 4.79 Å². The van der Waals surface area contributed by atoms with Crippen LogP contribution >= 0.6 is 0 Å². The first-order chi connectivity index (χ1) is 12.8. The minimum Gasteiger partial charge on any atom is -0.379 e. The third-order valence-corrected chi connectivity index (χ3v) is 5.11. The molecule has 1 unspecified atom stereocenters. The number of hydrogen-bond donors (Lipinski definition) is 2. The standard InChI is InChI=1S/C21H31N3O2/c25-21(9-10-24-11-13-26-14-12-24)23-20-8-4-7-19(15-20)17-22-16-18-5-2-1-3-6-18/h1-2,4,7-8,15,18,22H,3,5-6,9-14,16-17H2,(H,23,25). The second-order valence-corrected chi connectivity index (χ2v) is 7.23. The van der Waals surface area contributed by atoms with E-state index in [2.05, 4.69) is 39.8 Å². The van der Waals surface area contributed by atoms with Crippen LogP contribution in [0.5, 0.6) is 0 Å². The highest BCUT2D eigenvalue weighted by Gasteiger charge is 2.12. The van der Waals surface area contributed by atoms with E-state index in [1.54, 1.807) is 0 Å². The maximum absolute atomic E-state index is 12.2. The summed E-state index contributed by atoms with van der Waals surface area (Å²) in [6.07, 6.45) is 8.77. The summed E-state index contributed by atoms with van der Waals surface area (Å²) < 4.78 is 5.33. The second-order valence-electron chi connectivity index (χ2n) is 7.23. The number of ether oxygens (including phenoxy) is 1. The Hall–Kier alpha value is -1.69. The maximum Gasteiger partial charge on any atom is 0.225 e. The van der Waals surface area contributed by atoms with Crippen LogP contribution in [-0.4, -0.2) is 50.2 Å². The molecule has 1 amide bonds. The quantitative estimate of drug-likeness (QED) is 0.703. The first-order valence-corrected chi connectivity index (χ1v) is 9.84. The lowest BCUT2D eigenvalue weighted by Gasteiger charge is -2.26. The van der Waals surface area contributed by atoms with Gasteiger partial charge in [-0.05, 0) is 49.4 Å². The fraction of sp³-hybridized carbons (Fsp3) is 0.571. The van der Waals surface area contributed by atoms with Gasteiger partial charge in [-0.15, -0.1) is 0 Å². The molecule has 1 aliphatic carbocycles. The Labute approximate surface area is 156 Å². The van der Waals surface area contributed by atoms with E-state index in [0.717, 1.165) is 57.5 Å². The van der Waals surface area contributed by atoms with Crippen molar-refractivity contribution in [3.8, 4) is 0 Å².